The van der Waals surface area contributed by atoms with E-state index in [9.17, 15) is 0 Å². The molecule has 0 amide bonds. The molecule has 1 saturated heterocycles. The number of rotatable bonds is 5. The average Bonchev–Trinajstić information content (AvgIpc) is 3.38. The maximum absolute atomic E-state index is 5.67. The largest absolute Gasteiger partial charge is 0.497 e. The molecule has 1 aliphatic heterocycles. The molecule has 0 aliphatic carbocycles. The number of morpholine rings is 1. The monoisotopic (exact) mass is 445 g/mol. The first-order valence-corrected chi connectivity index (χ1v) is 11.0. The van der Waals surface area contributed by atoms with Gasteiger partial charge in [0.2, 0.25) is 0 Å². The molecule has 0 radical (unpaired) electrons. The molecule has 1 aromatic carbocycles. The first-order chi connectivity index (χ1) is 16.1. The molecule has 1 aliphatic rings. The number of fused-ring (bicyclic) bond motifs is 1. The van der Waals surface area contributed by atoms with Gasteiger partial charge in [-0.3, -0.25) is 10.1 Å². The second kappa shape index (κ2) is 8.71. The van der Waals surface area contributed by atoms with Gasteiger partial charge in [0.25, 0.3) is 0 Å². The fraction of sp³-hybridized carbons (Fsp3) is 0.320. The first kappa shape index (κ1) is 21.2. The van der Waals surface area contributed by atoms with E-state index in [0.29, 0.717) is 13.2 Å². The van der Waals surface area contributed by atoms with Crippen molar-refractivity contribution in [2.45, 2.75) is 19.9 Å². The molecule has 0 spiro atoms. The van der Waals surface area contributed by atoms with Gasteiger partial charge in [-0.2, -0.15) is 5.10 Å². The Kier molecular flexibility index (Phi) is 5.60. The summed E-state index contributed by atoms with van der Waals surface area (Å²) in [5.41, 5.74) is 5.50. The number of pyridine rings is 2. The zero-order valence-electron chi connectivity index (χ0n) is 19.3. The van der Waals surface area contributed by atoms with Crippen LogP contribution < -0.4 is 14.4 Å². The Morgan fingerprint density at radius 2 is 1.91 bits per heavy atom. The van der Waals surface area contributed by atoms with E-state index < -0.39 is 0 Å². The quantitative estimate of drug-likeness (QED) is 0.492. The Hall–Kier alpha value is -3.65. The molecular formula is C25H27N5O3. The zero-order chi connectivity index (χ0) is 22.9. The molecule has 0 saturated carbocycles. The molecule has 33 heavy (non-hydrogen) atoms. The van der Waals surface area contributed by atoms with Crippen LogP contribution in [0.1, 0.15) is 12.5 Å². The minimum atomic E-state index is 0.213. The van der Waals surface area contributed by atoms with E-state index in [4.69, 9.17) is 24.2 Å². The summed E-state index contributed by atoms with van der Waals surface area (Å²) >= 11 is 0. The van der Waals surface area contributed by atoms with Gasteiger partial charge in [0.15, 0.2) is 0 Å². The molecule has 4 heterocycles. The Morgan fingerprint density at radius 1 is 1.12 bits per heavy atom. The highest BCUT2D eigenvalue weighted by atomic mass is 16.5. The van der Waals surface area contributed by atoms with Crippen LogP contribution in [0.25, 0.3) is 33.4 Å². The predicted octanol–water partition coefficient (Wildman–Crippen LogP) is 4.24. The highest BCUT2D eigenvalue weighted by Crippen LogP contribution is 2.39. The van der Waals surface area contributed by atoms with E-state index in [1.807, 2.05) is 30.5 Å². The lowest BCUT2D eigenvalue weighted by Crippen LogP contribution is -2.44. The summed E-state index contributed by atoms with van der Waals surface area (Å²) in [5.74, 6) is 2.36. The number of H-pyrrole nitrogens is 1. The SMILES string of the molecule is COc1cc(OC)cc(-c2cc(N3CCOC[C@H]3C)nc3c(-c4ccn[nH]4)ncc(C)c23)c1. The number of benzene rings is 1. The number of aryl methyl sites for hydroxylation is 1. The minimum absolute atomic E-state index is 0.213. The number of nitrogens with zero attached hydrogens (tertiary/aromatic N) is 4. The summed E-state index contributed by atoms with van der Waals surface area (Å²) in [5, 5.41) is 8.20. The molecule has 1 N–H and O–H groups in total. The maximum atomic E-state index is 5.67. The van der Waals surface area contributed by atoms with Gasteiger partial charge in [0, 0.05) is 30.4 Å². The Morgan fingerprint density at radius 3 is 2.58 bits per heavy atom. The van der Waals surface area contributed by atoms with Crippen molar-refractivity contribution >= 4 is 16.7 Å². The maximum Gasteiger partial charge on any atom is 0.130 e. The van der Waals surface area contributed by atoms with Gasteiger partial charge in [0.05, 0.1) is 39.2 Å². The second-order valence-electron chi connectivity index (χ2n) is 8.23. The van der Waals surface area contributed by atoms with Gasteiger partial charge in [-0.05, 0) is 54.8 Å². The Labute approximate surface area is 192 Å². The van der Waals surface area contributed by atoms with Crippen LogP contribution in [-0.4, -0.2) is 60.2 Å². The van der Waals surface area contributed by atoms with Crippen molar-refractivity contribution < 1.29 is 14.2 Å². The van der Waals surface area contributed by atoms with Crippen LogP contribution in [0.2, 0.25) is 0 Å². The summed E-state index contributed by atoms with van der Waals surface area (Å²) in [6.45, 7) is 6.34. The number of aromatic amines is 1. The highest BCUT2D eigenvalue weighted by Gasteiger charge is 2.24. The van der Waals surface area contributed by atoms with Crippen molar-refractivity contribution in [3.63, 3.8) is 0 Å². The number of aromatic nitrogens is 4. The van der Waals surface area contributed by atoms with Gasteiger partial charge in [0.1, 0.15) is 28.5 Å². The third-order valence-electron chi connectivity index (χ3n) is 6.09. The fourth-order valence-electron chi connectivity index (χ4n) is 4.38. The number of hydrogen-bond donors (Lipinski definition) is 1. The van der Waals surface area contributed by atoms with Crippen LogP contribution >= 0.6 is 0 Å². The third-order valence-corrected chi connectivity index (χ3v) is 6.09. The van der Waals surface area contributed by atoms with E-state index in [1.54, 1.807) is 20.4 Å². The Balaban J connectivity index is 1.83. The van der Waals surface area contributed by atoms with Crippen LogP contribution in [-0.2, 0) is 4.74 Å². The van der Waals surface area contributed by atoms with Gasteiger partial charge >= 0.3 is 0 Å². The van der Waals surface area contributed by atoms with Crippen LogP contribution in [0, 0.1) is 6.92 Å². The number of ether oxygens (including phenoxy) is 3. The van der Waals surface area contributed by atoms with Gasteiger partial charge in [-0.1, -0.05) is 0 Å². The van der Waals surface area contributed by atoms with E-state index in [1.165, 1.54) is 0 Å². The zero-order valence-corrected chi connectivity index (χ0v) is 19.3. The summed E-state index contributed by atoms with van der Waals surface area (Å²) in [7, 11) is 3.32. The normalized spacial score (nSPS) is 16.2. The fourth-order valence-corrected chi connectivity index (χ4v) is 4.38. The first-order valence-electron chi connectivity index (χ1n) is 11.0. The molecule has 1 fully saturated rings. The van der Waals surface area contributed by atoms with E-state index >= 15 is 0 Å². The molecule has 170 valence electrons. The molecule has 4 aromatic rings. The smallest absolute Gasteiger partial charge is 0.130 e. The Bertz CT molecular complexity index is 1270. The number of hydrogen-bond acceptors (Lipinski definition) is 7. The third kappa shape index (κ3) is 3.87. The minimum Gasteiger partial charge on any atom is -0.497 e. The molecule has 0 bridgehead atoms. The van der Waals surface area contributed by atoms with Crippen molar-refractivity contribution in [3.8, 4) is 34.0 Å². The van der Waals surface area contributed by atoms with Crippen LogP contribution in [0.15, 0.2) is 42.7 Å². The predicted molar refractivity (Wildman–Crippen MR) is 128 cm³/mol. The molecule has 1 atom stereocenters. The number of anilines is 1. The van der Waals surface area contributed by atoms with Crippen LogP contribution in [0.3, 0.4) is 0 Å². The molecule has 5 rings (SSSR count). The van der Waals surface area contributed by atoms with E-state index in [2.05, 4.69) is 35.0 Å². The number of methoxy groups -OCH3 is 2. The molecule has 8 nitrogen and oxygen atoms in total. The van der Waals surface area contributed by atoms with Gasteiger partial charge in [-0.25, -0.2) is 4.98 Å². The molecule has 8 heteroatoms. The van der Waals surface area contributed by atoms with Crippen LogP contribution in [0.5, 0.6) is 11.5 Å². The second-order valence-corrected chi connectivity index (χ2v) is 8.23. The van der Waals surface area contributed by atoms with E-state index in [-0.39, 0.29) is 6.04 Å². The standard InChI is InChI=1S/C25H27N5O3/c1-15-13-26-24(21-5-6-27-29-21)25-23(15)20(17-9-18(31-3)11-19(10-17)32-4)12-22(28-25)30-7-8-33-14-16(30)2/h5-6,9-13,16H,7-8,14H2,1-4H3,(H,27,29)/t16-/m1/s1. The van der Waals surface area contributed by atoms with Crippen molar-refractivity contribution in [1.82, 2.24) is 20.2 Å². The van der Waals surface area contributed by atoms with Crippen molar-refractivity contribution in [2.24, 2.45) is 0 Å². The molecule has 0 unspecified atom stereocenters. The summed E-state index contributed by atoms with van der Waals surface area (Å²) in [6, 6.07) is 10.2. The molecule has 3 aromatic heterocycles. The average molecular weight is 446 g/mol. The lowest BCUT2D eigenvalue weighted by molar-refractivity contribution is 0.0986. The molecular weight excluding hydrogens is 418 g/mol. The van der Waals surface area contributed by atoms with Gasteiger partial charge in [-0.15, -0.1) is 0 Å². The van der Waals surface area contributed by atoms with Crippen molar-refractivity contribution in [1.29, 1.82) is 0 Å². The van der Waals surface area contributed by atoms with Gasteiger partial charge < -0.3 is 19.1 Å². The topological polar surface area (TPSA) is 85.4 Å². The number of nitrogens with one attached hydrogen (secondary N) is 1. The highest BCUT2D eigenvalue weighted by molar-refractivity contribution is 6.03. The van der Waals surface area contributed by atoms with E-state index in [0.717, 1.165) is 62.8 Å². The summed E-state index contributed by atoms with van der Waals surface area (Å²) in [4.78, 5) is 12.2. The lowest BCUT2D eigenvalue weighted by atomic mass is 9.96. The summed E-state index contributed by atoms with van der Waals surface area (Å²) < 4.78 is 16.8. The van der Waals surface area contributed by atoms with Crippen LogP contribution in [0.4, 0.5) is 5.82 Å². The summed E-state index contributed by atoms with van der Waals surface area (Å²) in [6.07, 6.45) is 3.61. The van der Waals surface area contributed by atoms with Crippen molar-refractivity contribution in [2.75, 3.05) is 38.9 Å². The lowest BCUT2D eigenvalue weighted by Gasteiger charge is -2.34. The van der Waals surface area contributed by atoms with Crippen molar-refractivity contribution in [3.05, 3.63) is 48.3 Å².